The van der Waals surface area contributed by atoms with Gasteiger partial charge < -0.3 is 5.73 Å². The summed E-state index contributed by atoms with van der Waals surface area (Å²) in [5, 5.41) is 0. The van der Waals surface area contributed by atoms with Crippen LogP contribution < -0.4 is 5.73 Å². The zero-order chi connectivity index (χ0) is 10.1. The standard InChI is InChI=1S/C10H12FNO/c1-7(13)10(2,12)8-5-3-4-6-9(8)11/h3-6H,12H2,1-2H3/t10-/m1/s1. The van der Waals surface area contributed by atoms with Gasteiger partial charge in [-0.15, -0.1) is 0 Å². The maximum atomic E-state index is 13.2. The lowest BCUT2D eigenvalue weighted by Crippen LogP contribution is -2.41. The maximum absolute atomic E-state index is 13.2. The van der Waals surface area contributed by atoms with E-state index in [0.717, 1.165) is 0 Å². The van der Waals surface area contributed by atoms with Crippen LogP contribution in [0.25, 0.3) is 0 Å². The van der Waals surface area contributed by atoms with E-state index in [1.54, 1.807) is 12.1 Å². The van der Waals surface area contributed by atoms with Crippen molar-refractivity contribution in [1.82, 2.24) is 0 Å². The number of hydrogen-bond acceptors (Lipinski definition) is 2. The molecule has 2 nitrogen and oxygen atoms in total. The van der Waals surface area contributed by atoms with Crippen LogP contribution in [0.15, 0.2) is 24.3 Å². The molecule has 0 fully saturated rings. The summed E-state index contributed by atoms with van der Waals surface area (Å²) in [6, 6.07) is 6.04. The minimum absolute atomic E-state index is 0.238. The molecule has 0 aliphatic rings. The smallest absolute Gasteiger partial charge is 0.153 e. The molecular weight excluding hydrogens is 169 g/mol. The normalized spacial score (nSPS) is 15.1. The Bertz CT molecular complexity index is 333. The third-order valence-electron chi connectivity index (χ3n) is 2.16. The fourth-order valence-corrected chi connectivity index (χ4v) is 1.07. The van der Waals surface area contributed by atoms with Gasteiger partial charge in [0.15, 0.2) is 5.78 Å². The highest BCUT2D eigenvalue weighted by molar-refractivity contribution is 5.86. The van der Waals surface area contributed by atoms with Crippen LogP contribution in [0.5, 0.6) is 0 Å². The molecule has 0 spiro atoms. The lowest BCUT2D eigenvalue weighted by atomic mass is 9.89. The molecule has 0 radical (unpaired) electrons. The number of hydrogen-bond donors (Lipinski definition) is 1. The molecule has 0 saturated heterocycles. The third kappa shape index (κ3) is 1.75. The van der Waals surface area contributed by atoms with Crippen molar-refractivity contribution in [2.24, 2.45) is 5.73 Å². The van der Waals surface area contributed by atoms with E-state index in [2.05, 4.69) is 0 Å². The molecule has 1 aromatic carbocycles. The third-order valence-corrected chi connectivity index (χ3v) is 2.16. The Morgan fingerprint density at radius 1 is 1.46 bits per heavy atom. The number of carbonyl (C=O) groups excluding carboxylic acids is 1. The Kier molecular flexibility index (Phi) is 2.48. The molecule has 0 amide bonds. The summed E-state index contributed by atoms with van der Waals surface area (Å²) >= 11 is 0. The van der Waals surface area contributed by atoms with Crippen molar-refractivity contribution in [2.45, 2.75) is 19.4 Å². The molecule has 0 aromatic heterocycles. The summed E-state index contributed by atoms with van der Waals surface area (Å²) < 4.78 is 13.2. The van der Waals surface area contributed by atoms with Gasteiger partial charge in [-0.1, -0.05) is 18.2 Å². The zero-order valence-electron chi connectivity index (χ0n) is 7.67. The summed E-state index contributed by atoms with van der Waals surface area (Å²) in [7, 11) is 0. The van der Waals surface area contributed by atoms with Crippen molar-refractivity contribution in [3.63, 3.8) is 0 Å². The largest absolute Gasteiger partial charge is 0.315 e. The van der Waals surface area contributed by atoms with Crippen molar-refractivity contribution in [2.75, 3.05) is 0 Å². The first-order valence-corrected chi connectivity index (χ1v) is 4.01. The van der Waals surface area contributed by atoms with Gasteiger partial charge in [0.1, 0.15) is 11.4 Å². The number of benzene rings is 1. The van der Waals surface area contributed by atoms with E-state index in [-0.39, 0.29) is 11.3 Å². The van der Waals surface area contributed by atoms with E-state index < -0.39 is 11.4 Å². The van der Waals surface area contributed by atoms with Crippen LogP contribution in [-0.4, -0.2) is 5.78 Å². The molecule has 1 rings (SSSR count). The Balaban J connectivity index is 3.22. The van der Waals surface area contributed by atoms with Gasteiger partial charge in [0.25, 0.3) is 0 Å². The SMILES string of the molecule is CC(=O)[C@@](C)(N)c1ccccc1F. The molecule has 1 atom stereocenters. The van der Waals surface area contributed by atoms with Crippen molar-refractivity contribution < 1.29 is 9.18 Å². The van der Waals surface area contributed by atoms with Gasteiger partial charge in [-0.25, -0.2) is 4.39 Å². The molecule has 0 saturated carbocycles. The molecule has 3 heteroatoms. The van der Waals surface area contributed by atoms with Crippen LogP contribution >= 0.6 is 0 Å². The first kappa shape index (κ1) is 9.86. The highest BCUT2D eigenvalue weighted by Gasteiger charge is 2.29. The predicted octanol–water partition coefficient (Wildman–Crippen LogP) is 1.59. The van der Waals surface area contributed by atoms with Crippen molar-refractivity contribution in [3.8, 4) is 0 Å². The first-order valence-electron chi connectivity index (χ1n) is 4.01. The van der Waals surface area contributed by atoms with E-state index in [0.29, 0.717) is 0 Å². The summed E-state index contributed by atoms with van der Waals surface area (Å²) in [4.78, 5) is 11.1. The Morgan fingerprint density at radius 3 is 2.46 bits per heavy atom. The minimum Gasteiger partial charge on any atom is -0.315 e. The summed E-state index contributed by atoms with van der Waals surface area (Å²) in [5.41, 5.74) is 4.70. The molecule has 0 bridgehead atoms. The van der Waals surface area contributed by atoms with Crippen LogP contribution in [0.2, 0.25) is 0 Å². The second kappa shape index (κ2) is 3.26. The molecule has 0 unspecified atom stereocenters. The second-order valence-electron chi connectivity index (χ2n) is 3.24. The molecular formula is C10H12FNO. The van der Waals surface area contributed by atoms with Gasteiger partial charge in [-0.3, -0.25) is 4.79 Å². The molecule has 0 heterocycles. The molecule has 0 aliphatic heterocycles. The van der Waals surface area contributed by atoms with Crippen LogP contribution in [0.3, 0.4) is 0 Å². The molecule has 70 valence electrons. The van der Waals surface area contributed by atoms with E-state index in [9.17, 15) is 9.18 Å². The molecule has 2 N–H and O–H groups in total. The van der Waals surface area contributed by atoms with Crippen LogP contribution in [-0.2, 0) is 10.3 Å². The molecule has 1 aromatic rings. The van der Waals surface area contributed by atoms with Crippen LogP contribution in [0, 0.1) is 5.82 Å². The van der Waals surface area contributed by atoms with Gasteiger partial charge in [-0.2, -0.15) is 0 Å². The van der Waals surface area contributed by atoms with Gasteiger partial charge in [0, 0.05) is 5.56 Å². The van der Waals surface area contributed by atoms with E-state index >= 15 is 0 Å². The lowest BCUT2D eigenvalue weighted by molar-refractivity contribution is -0.121. The average Bonchev–Trinajstić information content (AvgIpc) is 2.04. The average molecular weight is 181 g/mol. The minimum atomic E-state index is -1.23. The van der Waals surface area contributed by atoms with Gasteiger partial charge in [-0.05, 0) is 19.9 Å². The Labute approximate surface area is 76.6 Å². The topological polar surface area (TPSA) is 43.1 Å². The highest BCUT2D eigenvalue weighted by Crippen LogP contribution is 2.21. The van der Waals surface area contributed by atoms with Crippen LogP contribution in [0.1, 0.15) is 19.4 Å². The number of carbonyl (C=O) groups is 1. The number of halogens is 1. The number of ketones is 1. The Morgan fingerprint density at radius 2 is 2.00 bits per heavy atom. The van der Waals surface area contributed by atoms with Crippen molar-refractivity contribution >= 4 is 5.78 Å². The summed E-state index contributed by atoms with van der Waals surface area (Å²) in [6.07, 6.45) is 0. The van der Waals surface area contributed by atoms with E-state index in [1.165, 1.54) is 26.0 Å². The summed E-state index contributed by atoms with van der Waals surface area (Å²) in [6.45, 7) is 2.86. The number of rotatable bonds is 2. The van der Waals surface area contributed by atoms with E-state index in [4.69, 9.17) is 5.73 Å². The van der Waals surface area contributed by atoms with Gasteiger partial charge in [0.2, 0.25) is 0 Å². The van der Waals surface area contributed by atoms with E-state index in [1.807, 2.05) is 0 Å². The quantitative estimate of drug-likeness (QED) is 0.752. The molecule has 0 aliphatic carbocycles. The number of nitrogens with two attached hydrogens (primary N) is 1. The predicted molar refractivity (Wildman–Crippen MR) is 48.6 cm³/mol. The second-order valence-corrected chi connectivity index (χ2v) is 3.24. The van der Waals surface area contributed by atoms with Crippen molar-refractivity contribution in [1.29, 1.82) is 0 Å². The monoisotopic (exact) mass is 181 g/mol. The highest BCUT2D eigenvalue weighted by atomic mass is 19.1. The fourth-order valence-electron chi connectivity index (χ4n) is 1.07. The lowest BCUT2D eigenvalue weighted by Gasteiger charge is -2.21. The fraction of sp³-hybridized carbons (Fsp3) is 0.300. The summed E-state index contributed by atoms with van der Waals surface area (Å²) in [5.74, 6) is -0.694. The van der Waals surface area contributed by atoms with Crippen molar-refractivity contribution in [3.05, 3.63) is 35.6 Å². The molecule has 13 heavy (non-hydrogen) atoms. The van der Waals surface area contributed by atoms with Crippen LogP contribution in [0.4, 0.5) is 4.39 Å². The number of Topliss-reactive ketones (excluding diaryl/α,β-unsaturated/α-hetero) is 1. The first-order chi connectivity index (χ1) is 5.96. The maximum Gasteiger partial charge on any atom is 0.153 e. The zero-order valence-corrected chi connectivity index (χ0v) is 7.67. The van der Waals surface area contributed by atoms with Gasteiger partial charge >= 0.3 is 0 Å². The Hall–Kier alpha value is -1.22. The van der Waals surface area contributed by atoms with Gasteiger partial charge in [0.05, 0.1) is 0 Å².